The number of aryl methyl sites for hydroxylation is 2. The lowest BCUT2D eigenvalue weighted by Crippen LogP contribution is -2.47. The standard InChI is InChI=1S/C27H25N3O2S/c1-17-8-10-20(12-18(17)2)29-15-30-25(31)13-22(23(14-28)27(30)33-16-29)26-21-7-5-4-6-19(21)9-11-24(26)32-3/h4-12,22H,13,15-16H2,1-3H3/t22-/m0/s1. The molecule has 1 atom stereocenters. The van der Waals surface area contributed by atoms with E-state index in [0.717, 1.165) is 27.1 Å². The Kier molecular flexibility index (Phi) is 5.51. The fraction of sp³-hybridized carbons (Fsp3) is 0.259. The van der Waals surface area contributed by atoms with Crippen LogP contribution in [0, 0.1) is 25.2 Å². The van der Waals surface area contributed by atoms with Crippen molar-refractivity contribution in [3.63, 3.8) is 0 Å². The van der Waals surface area contributed by atoms with E-state index in [2.05, 4.69) is 43.0 Å². The summed E-state index contributed by atoms with van der Waals surface area (Å²) in [4.78, 5) is 17.4. The summed E-state index contributed by atoms with van der Waals surface area (Å²) >= 11 is 1.56. The number of allylic oxidation sites excluding steroid dienone is 1. The van der Waals surface area contributed by atoms with Gasteiger partial charge in [0.15, 0.2) is 0 Å². The van der Waals surface area contributed by atoms with E-state index in [0.29, 0.717) is 23.9 Å². The van der Waals surface area contributed by atoms with Gasteiger partial charge in [-0.05, 0) is 53.9 Å². The molecule has 3 aromatic rings. The molecule has 6 heteroatoms. The minimum Gasteiger partial charge on any atom is -0.496 e. The number of benzene rings is 3. The van der Waals surface area contributed by atoms with Crippen molar-refractivity contribution < 1.29 is 9.53 Å². The molecule has 0 unspecified atom stereocenters. The predicted octanol–water partition coefficient (Wildman–Crippen LogP) is 5.68. The predicted molar refractivity (Wildman–Crippen MR) is 133 cm³/mol. The highest BCUT2D eigenvalue weighted by Gasteiger charge is 2.39. The van der Waals surface area contributed by atoms with Crippen LogP contribution >= 0.6 is 11.8 Å². The monoisotopic (exact) mass is 455 g/mol. The zero-order chi connectivity index (χ0) is 23.1. The molecule has 166 valence electrons. The van der Waals surface area contributed by atoms with E-state index in [1.807, 2.05) is 36.4 Å². The van der Waals surface area contributed by atoms with Crippen LogP contribution in [0.1, 0.15) is 29.0 Å². The second-order valence-corrected chi connectivity index (χ2v) is 9.47. The average Bonchev–Trinajstić information content (AvgIpc) is 2.84. The highest BCUT2D eigenvalue weighted by atomic mass is 32.2. The highest BCUT2D eigenvalue weighted by Crippen LogP contribution is 2.47. The van der Waals surface area contributed by atoms with Gasteiger partial charge in [0, 0.05) is 23.6 Å². The smallest absolute Gasteiger partial charge is 0.229 e. The Hall–Kier alpha value is -3.43. The van der Waals surface area contributed by atoms with Crippen molar-refractivity contribution in [3.8, 4) is 11.8 Å². The highest BCUT2D eigenvalue weighted by molar-refractivity contribution is 8.03. The van der Waals surface area contributed by atoms with Crippen LogP contribution < -0.4 is 9.64 Å². The first-order valence-corrected chi connectivity index (χ1v) is 12.0. The van der Waals surface area contributed by atoms with E-state index >= 15 is 0 Å². The molecule has 0 aliphatic carbocycles. The second-order valence-electron chi connectivity index (χ2n) is 8.53. The third-order valence-corrected chi connectivity index (χ3v) is 7.80. The molecule has 1 amide bonds. The number of hydrogen-bond donors (Lipinski definition) is 0. The molecule has 0 N–H and O–H groups in total. The SMILES string of the molecule is COc1ccc2ccccc2c1[C@H]1CC(=O)N2CN(c3ccc(C)c(C)c3)CSC2=C1C#N. The molecular formula is C27H25N3O2S. The molecule has 2 aliphatic heterocycles. The molecule has 1 saturated heterocycles. The van der Waals surface area contributed by atoms with Crippen LogP contribution in [-0.2, 0) is 4.79 Å². The Morgan fingerprint density at radius 3 is 2.67 bits per heavy atom. The van der Waals surface area contributed by atoms with Crippen molar-refractivity contribution in [1.29, 1.82) is 5.26 Å². The van der Waals surface area contributed by atoms with E-state index in [9.17, 15) is 10.1 Å². The van der Waals surface area contributed by atoms with Crippen molar-refractivity contribution >= 4 is 34.1 Å². The van der Waals surface area contributed by atoms with Crippen LogP contribution in [0.5, 0.6) is 5.75 Å². The van der Waals surface area contributed by atoms with Gasteiger partial charge in [-0.2, -0.15) is 5.26 Å². The maximum Gasteiger partial charge on any atom is 0.229 e. The summed E-state index contributed by atoms with van der Waals surface area (Å²) in [5.74, 6) is 1.11. The summed E-state index contributed by atoms with van der Waals surface area (Å²) < 4.78 is 5.69. The topological polar surface area (TPSA) is 56.6 Å². The first-order chi connectivity index (χ1) is 16.0. The number of anilines is 1. The van der Waals surface area contributed by atoms with Gasteiger partial charge < -0.3 is 9.64 Å². The molecule has 0 radical (unpaired) electrons. The van der Waals surface area contributed by atoms with Gasteiger partial charge in [0.25, 0.3) is 0 Å². The van der Waals surface area contributed by atoms with Gasteiger partial charge >= 0.3 is 0 Å². The van der Waals surface area contributed by atoms with Gasteiger partial charge in [-0.3, -0.25) is 9.69 Å². The number of thioether (sulfide) groups is 1. The fourth-order valence-electron chi connectivity index (χ4n) is 4.71. The second kappa shape index (κ2) is 8.49. The van der Waals surface area contributed by atoms with Crippen molar-refractivity contribution in [3.05, 3.63) is 81.9 Å². The van der Waals surface area contributed by atoms with Crippen molar-refractivity contribution in [2.45, 2.75) is 26.2 Å². The first kappa shape index (κ1) is 21.4. The largest absolute Gasteiger partial charge is 0.496 e. The van der Waals surface area contributed by atoms with Gasteiger partial charge in [-0.15, -0.1) is 0 Å². The number of carbonyl (C=O) groups excluding carboxylic acids is 1. The molecule has 0 spiro atoms. The molecule has 2 aliphatic rings. The van der Waals surface area contributed by atoms with Crippen LogP contribution in [0.4, 0.5) is 5.69 Å². The summed E-state index contributed by atoms with van der Waals surface area (Å²) in [7, 11) is 1.64. The zero-order valence-corrected chi connectivity index (χ0v) is 19.8. The van der Waals surface area contributed by atoms with Crippen molar-refractivity contribution in [2.24, 2.45) is 0 Å². The minimum absolute atomic E-state index is 0.0324. The molecule has 0 bridgehead atoms. The molecular weight excluding hydrogens is 430 g/mol. The van der Waals surface area contributed by atoms with Gasteiger partial charge in [-0.25, -0.2) is 0 Å². The average molecular weight is 456 g/mol. The van der Waals surface area contributed by atoms with E-state index in [1.54, 1.807) is 23.8 Å². The van der Waals surface area contributed by atoms with Crippen LogP contribution in [0.15, 0.2) is 65.2 Å². The molecule has 0 aromatic heterocycles. The Bertz CT molecular complexity index is 1340. The Balaban J connectivity index is 1.57. The Morgan fingerprint density at radius 1 is 1.09 bits per heavy atom. The number of ether oxygens (including phenoxy) is 1. The van der Waals surface area contributed by atoms with Crippen molar-refractivity contribution in [1.82, 2.24) is 4.90 Å². The van der Waals surface area contributed by atoms with Gasteiger partial charge in [0.2, 0.25) is 5.91 Å². The van der Waals surface area contributed by atoms with Crippen LogP contribution in [0.2, 0.25) is 0 Å². The number of carbonyl (C=O) groups is 1. The Morgan fingerprint density at radius 2 is 1.91 bits per heavy atom. The fourth-order valence-corrected chi connectivity index (χ4v) is 5.88. The number of hydrogen-bond acceptors (Lipinski definition) is 5. The number of rotatable bonds is 3. The maximum absolute atomic E-state index is 13.4. The summed E-state index contributed by atoms with van der Waals surface area (Å²) in [5.41, 5.74) is 5.13. The quantitative estimate of drug-likeness (QED) is 0.508. The third kappa shape index (κ3) is 3.63. The van der Waals surface area contributed by atoms with Gasteiger partial charge in [0.05, 0.1) is 36.3 Å². The molecule has 5 rings (SSSR count). The van der Waals surface area contributed by atoms with E-state index in [-0.39, 0.29) is 18.2 Å². The number of nitrogens with zero attached hydrogens (tertiary/aromatic N) is 3. The number of methoxy groups -OCH3 is 1. The lowest BCUT2D eigenvalue weighted by Gasteiger charge is -2.42. The van der Waals surface area contributed by atoms with E-state index in [1.165, 1.54) is 11.1 Å². The summed E-state index contributed by atoms with van der Waals surface area (Å²) in [6, 6.07) is 20.8. The Labute approximate surface area is 198 Å². The third-order valence-electron chi connectivity index (χ3n) is 6.65. The normalized spacial score (nSPS) is 18.4. The maximum atomic E-state index is 13.4. The van der Waals surface area contributed by atoms with Crippen LogP contribution in [0.3, 0.4) is 0 Å². The van der Waals surface area contributed by atoms with E-state index in [4.69, 9.17) is 4.74 Å². The molecule has 2 heterocycles. The van der Waals surface area contributed by atoms with Gasteiger partial charge in [0.1, 0.15) is 5.75 Å². The number of amides is 1. The molecule has 5 nitrogen and oxygen atoms in total. The molecule has 3 aromatic carbocycles. The minimum atomic E-state index is -0.324. The lowest BCUT2D eigenvalue weighted by atomic mass is 9.83. The number of fused-ring (bicyclic) bond motifs is 2. The molecule has 1 fully saturated rings. The summed E-state index contributed by atoms with van der Waals surface area (Å²) in [6.45, 7) is 4.65. The molecule has 0 saturated carbocycles. The van der Waals surface area contributed by atoms with Crippen LogP contribution in [-0.4, -0.2) is 30.5 Å². The zero-order valence-electron chi connectivity index (χ0n) is 19.0. The number of nitriles is 1. The first-order valence-electron chi connectivity index (χ1n) is 11.0. The lowest BCUT2D eigenvalue weighted by molar-refractivity contribution is -0.129. The summed E-state index contributed by atoms with van der Waals surface area (Å²) in [6.07, 6.45) is 0.248. The van der Waals surface area contributed by atoms with E-state index < -0.39 is 0 Å². The van der Waals surface area contributed by atoms with Gasteiger partial charge in [-0.1, -0.05) is 48.2 Å². The molecule has 33 heavy (non-hydrogen) atoms. The van der Waals surface area contributed by atoms with Crippen LogP contribution in [0.25, 0.3) is 10.8 Å². The van der Waals surface area contributed by atoms with Crippen molar-refractivity contribution in [2.75, 3.05) is 24.6 Å². The summed E-state index contributed by atoms with van der Waals surface area (Å²) in [5, 5.41) is 13.1.